The van der Waals surface area contributed by atoms with Crippen LogP contribution in [-0.4, -0.2) is 18.4 Å². The largest absolute Gasteiger partial charge is 0.399 e. The second-order valence-electron chi connectivity index (χ2n) is 3.28. The summed E-state index contributed by atoms with van der Waals surface area (Å²) < 4.78 is 22.5. The fourth-order valence-corrected chi connectivity index (χ4v) is 2.75. The van der Waals surface area contributed by atoms with Crippen molar-refractivity contribution in [3.8, 4) is 0 Å². The summed E-state index contributed by atoms with van der Waals surface area (Å²) in [5, 5.41) is 5.70. The lowest BCUT2D eigenvalue weighted by Crippen LogP contribution is -2.12. The number of nitrogen functional groups attached to an aromatic ring is 1. The van der Waals surface area contributed by atoms with Crippen LogP contribution in [0.3, 0.4) is 0 Å². The van der Waals surface area contributed by atoms with E-state index in [-0.39, 0.29) is 4.90 Å². The van der Waals surface area contributed by atoms with Crippen molar-refractivity contribution in [3.63, 3.8) is 0 Å². The van der Waals surface area contributed by atoms with Gasteiger partial charge in [-0.2, -0.15) is 0 Å². The third-order valence-corrected chi connectivity index (χ3v) is 3.70. The Kier molecular flexibility index (Phi) is 3.09. The molecule has 0 unspecified atom stereocenters. The zero-order valence-electron chi connectivity index (χ0n) is 8.62. The van der Waals surface area contributed by atoms with Crippen LogP contribution in [0.4, 0.5) is 5.69 Å². The number of primary sulfonamides is 1. The molecule has 8 heteroatoms. The quantitative estimate of drug-likeness (QED) is 0.713. The molecule has 0 radical (unpaired) electrons. The van der Waals surface area contributed by atoms with Gasteiger partial charge in [0.25, 0.3) is 0 Å². The van der Waals surface area contributed by atoms with E-state index in [1.165, 1.54) is 23.9 Å². The van der Waals surface area contributed by atoms with Crippen molar-refractivity contribution >= 4 is 27.5 Å². The van der Waals surface area contributed by atoms with Gasteiger partial charge >= 0.3 is 0 Å². The SMILES string of the molecule is Nc1cc(Sc2ncc[nH]2)cc(S(N)(=O)=O)c1. The van der Waals surface area contributed by atoms with Crippen LogP contribution in [0.2, 0.25) is 0 Å². The van der Waals surface area contributed by atoms with Gasteiger partial charge in [-0.05, 0) is 18.2 Å². The van der Waals surface area contributed by atoms with E-state index in [4.69, 9.17) is 10.9 Å². The Labute approximate surface area is 102 Å². The van der Waals surface area contributed by atoms with Crippen LogP contribution in [-0.2, 0) is 10.0 Å². The molecule has 0 aliphatic rings. The number of sulfonamides is 1. The van der Waals surface area contributed by atoms with Crippen molar-refractivity contribution in [2.75, 3.05) is 5.73 Å². The first-order valence-corrected chi connectivity index (χ1v) is 6.92. The Morgan fingerprint density at radius 2 is 2.06 bits per heavy atom. The highest BCUT2D eigenvalue weighted by Gasteiger charge is 2.11. The third-order valence-electron chi connectivity index (χ3n) is 1.92. The highest BCUT2D eigenvalue weighted by atomic mass is 32.2. The number of H-pyrrole nitrogens is 1. The molecule has 2 rings (SSSR count). The van der Waals surface area contributed by atoms with Crippen LogP contribution in [0.15, 0.2) is 45.5 Å². The number of nitrogens with zero attached hydrogens (tertiary/aromatic N) is 1. The van der Waals surface area contributed by atoms with E-state index in [0.29, 0.717) is 15.7 Å². The summed E-state index contributed by atoms with van der Waals surface area (Å²) in [5.41, 5.74) is 5.96. The molecular formula is C9H10N4O2S2. The van der Waals surface area contributed by atoms with E-state index in [0.717, 1.165) is 0 Å². The molecule has 1 heterocycles. The van der Waals surface area contributed by atoms with Gasteiger partial charge in [0.2, 0.25) is 10.0 Å². The molecule has 0 saturated heterocycles. The lowest BCUT2D eigenvalue weighted by molar-refractivity contribution is 0.597. The summed E-state index contributed by atoms with van der Waals surface area (Å²) >= 11 is 1.27. The van der Waals surface area contributed by atoms with Crippen molar-refractivity contribution in [1.82, 2.24) is 9.97 Å². The highest BCUT2D eigenvalue weighted by Crippen LogP contribution is 2.28. The number of rotatable bonds is 3. The van der Waals surface area contributed by atoms with E-state index < -0.39 is 10.0 Å². The van der Waals surface area contributed by atoms with Gasteiger partial charge in [0.1, 0.15) is 0 Å². The number of imidazole rings is 1. The molecule has 0 aliphatic carbocycles. The number of nitrogens with two attached hydrogens (primary N) is 2. The van der Waals surface area contributed by atoms with Gasteiger partial charge in [0, 0.05) is 23.0 Å². The minimum atomic E-state index is -3.75. The summed E-state index contributed by atoms with van der Waals surface area (Å²) in [5.74, 6) is 0. The Morgan fingerprint density at radius 3 is 2.65 bits per heavy atom. The Hall–Kier alpha value is -1.51. The zero-order valence-corrected chi connectivity index (χ0v) is 10.3. The summed E-state index contributed by atoms with van der Waals surface area (Å²) in [6, 6.07) is 4.43. The van der Waals surface area contributed by atoms with Gasteiger partial charge in [-0.1, -0.05) is 11.8 Å². The van der Waals surface area contributed by atoms with Gasteiger partial charge in [-0.25, -0.2) is 18.5 Å². The molecular weight excluding hydrogens is 260 g/mol. The third kappa shape index (κ3) is 2.99. The van der Waals surface area contributed by atoms with Crippen LogP contribution >= 0.6 is 11.8 Å². The maximum atomic E-state index is 11.2. The smallest absolute Gasteiger partial charge is 0.238 e. The van der Waals surface area contributed by atoms with E-state index in [9.17, 15) is 8.42 Å². The molecule has 1 aromatic heterocycles. The minimum absolute atomic E-state index is 0.00782. The fraction of sp³-hybridized carbons (Fsp3) is 0. The lowest BCUT2D eigenvalue weighted by atomic mass is 10.3. The first-order chi connectivity index (χ1) is 7.95. The van der Waals surface area contributed by atoms with E-state index in [1.807, 2.05) is 0 Å². The second-order valence-corrected chi connectivity index (χ2v) is 5.90. The molecule has 6 nitrogen and oxygen atoms in total. The minimum Gasteiger partial charge on any atom is -0.399 e. The monoisotopic (exact) mass is 270 g/mol. The molecule has 1 aromatic carbocycles. The van der Waals surface area contributed by atoms with Gasteiger partial charge < -0.3 is 10.7 Å². The van der Waals surface area contributed by atoms with E-state index >= 15 is 0 Å². The van der Waals surface area contributed by atoms with Crippen molar-refractivity contribution in [2.45, 2.75) is 14.9 Å². The summed E-state index contributed by atoms with van der Waals surface area (Å²) in [6.45, 7) is 0. The fourth-order valence-electron chi connectivity index (χ4n) is 1.24. The summed E-state index contributed by atoms with van der Waals surface area (Å²) in [6.07, 6.45) is 3.28. The Balaban J connectivity index is 2.39. The van der Waals surface area contributed by atoms with Gasteiger partial charge in [-0.15, -0.1) is 0 Å². The maximum Gasteiger partial charge on any atom is 0.238 e. The molecule has 0 atom stereocenters. The maximum absolute atomic E-state index is 11.2. The lowest BCUT2D eigenvalue weighted by Gasteiger charge is -2.04. The van der Waals surface area contributed by atoms with Crippen molar-refractivity contribution in [1.29, 1.82) is 0 Å². The van der Waals surface area contributed by atoms with Gasteiger partial charge in [-0.3, -0.25) is 0 Å². The number of anilines is 1. The van der Waals surface area contributed by atoms with Gasteiger partial charge in [0.05, 0.1) is 4.90 Å². The Morgan fingerprint density at radius 1 is 1.29 bits per heavy atom. The number of hydrogen-bond acceptors (Lipinski definition) is 5. The van der Waals surface area contributed by atoms with Crippen LogP contribution < -0.4 is 10.9 Å². The molecule has 0 amide bonds. The first-order valence-electron chi connectivity index (χ1n) is 4.56. The molecule has 5 N–H and O–H groups in total. The van der Waals surface area contributed by atoms with Crippen LogP contribution in [0.25, 0.3) is 0 Å². The molecule has 0 fully saturated rings. The summed E-state index contributed by atoms with van der Waals surface area (Å²) in [7, 11) is -3.75. The highest BCUT2D eigenvalue weighted by molar-refractivity contribution is 7.99. The molecule has 0 aliphatic heterocycles. The number of nitrogens with one attached hydrogen (secondary N) is 1. The number of aromatic amines is 1. The van der Waals surface area contributed by atoms with E-state index in [1.54, 1.807) is 18.5 Å². The predicted octanol–water partition coefficient (Wildman–Crippen LogP) is 0.791. The Bertz CT molecular complexity index is 622. The van der Waals surface area contributed by atoms with Crippen molar-refractivity contribution < 1.29 is 8.42 Å². The topological polar surface area (TPSA) is 115 Å². The molecule has 0 saturated carbocycles. The molecule has 17 heavy (non-hydrogen) atoms. The van der Waals surface area contributed by atoms with Crippen LogP contribution in [0, 0.1) is 0 Å². The molecule has 90 valence electrons. The first kappa shape index (κ1) is 12.0. The van der Waals surface area contributed by atoms with Crippen LogP contribution in [0.1, 0.15) is 0 Å². The summed E-state index contributed by atoms with van der Waals surface area (Å²) in [4.78, 5) is 7.56. The van der Waals surface area contributed by atoms with Crippen molar-refractivity contribution in [3.05, 3.63) is 30.6 Å². The number of benzene rings is 1. The number of aromatic nitrogens is 2. The predicted molar refractivity (Wildman–Crippen MR) is 64.9 cm³/mol. The normalized spacial score (nSPS) is 11.6. The molecule has 0 bridgehead atoms. The van der Waals surface area contributed by atoms with Crippen molar-refractivity contribution in [2.24, 2.45) is 5.14 Å². The molecule has 0 spiro atoms. The number of hydrogen-bond donors (Lipinski definition) is 3. The average molecular weight is 270 g/mol. The zero-order chi connectivity index (χ0) is 12.5. The standard InChI is InChI=1S/C9H10N4O2S2/c10-6-3-7(16-9-12-1-2-13-9)5-8(4-6)17(11,14)15/h1-5H,10H2,(H,12,13)(H2,11,14,15). The molecule has 2 aromatic rings. The average Bonchev–Trinajstić information content (AvgIpc) is 2.68. The second kappa shape index (κ2) is 4.40. The van der Waals surface area contributed by atoms with E-state index in [2.05, 4.69) is 9.97 Å². The van der Waals surface area contributed by atoms with Crippen LogP contribution in [0.5, 0.6) is 0 Å². The van der Waals surface area contributed by atoms with Gasteiger partial charge in [0.15, 0.2) is 5.16 Å².